The van der Waals surface area contributed by atoms with E-state index in [1.54, 1.807) is 0 Å². The van der Waals surface area contributed by atoms with Crippen LogP contribution in [-0.4, -0.2) is 17.0 Å². The molecule has 0 aromatic heterocycles. The number of halogens is 1. The van der Waals surface area contributed by atoms with Crippen LogP contribution in [0, 0.1) is 15.9 Å². The van der Waals surface area contributed by atoms with Crippen LogP contribution in [0.5, 0.6) is 0 Å². The molecule has 1 aliphatic rings. The van der Waals surface area contributed by atoms with Gasteiger partial charge in [0.2, 0.25) is 0 Å². The number of rotatable bonds is 3. The Labute approximate surface area is 98.0 Å². The van der Waals surface area contributed by atoms with Gasteiger partial charge in [0.25, 0.3) is 5.69 Å². The Kier molecular flexibility index (Phi) is 3.23. The van der Waals surface area contributed by atoms with Gasteiger partial charge in [-0.2, -0.15) is 0 Å². The molecule has 1 aromatic rings. The Balaban J connectivity index is 2.24. The molecule has 0 heterocycles. The van der Waals surface area contributed by atoms with Gasteiger partial charge in [0.1, 0.15) is 11.5 Å². The van der Waals surface area contributed by atoms with Crippen LogP contribution in [-0.2, 0) is 0 Å². The second-order valence-corrected chi connectivity index (χ2v) is 4.26. The second kappa shape index (κ2) is 4.67. The van der Waals surface area contributed by atoms with E-state index >= 15 is 0 Å². The molecule has 1 fully saturated rings. The van der Waals surface area contributed by atoms with E-state index < -0.39 is 10.7 Å². The minimum absolute atomic E-state index is 0.0181. The summed E-state index contributed by atoms with van der Waals surface area (Å²) in [6.45, 7) is 0. The van der Waals surface area contributed by atoms with E-state index in [9.17, 15) is 14.5 Å². The molecule has 0 spiro atoms. The number of nitrogens with two attached hydrogens (primary N) is 1. The molecule has 0 saturated heterocycles. The van der Waals surface area contributed by atoms with E-state index in [4.69, 9.17) is 5.73 Å². The molecule has 92 valence electrons. The van der Waals surface area contributed by atoms with Crippen LogP contribution in [0.3, 0.4) is 0 Å². The largest absolute Gasteiger partial charge is 0.375 e. The van der Waals surface area contributed by atoms with Crippen molar-refractivity contribution in [3.05, 3.63) is 34.1 Å². The first-order chi connectivity index (χ1) is 8.08. The van der Waals surface area contributed by atoms with E-state index in [0.29, 0.717) is 0 Å². The average molecular weight is 239 g/mol. The molecule has 6 heteroatoms. The summed E-state index contributed by atoms with van der Waals surface area (Å²) in [6.07, 6.45) is 2.73. The minimum Gasteiger partial charge on any atom is -0.375 e. The SMILES string of the molecule is NC1CCCC1Nc1cc(F)ccc1[N+](=O)[O-]. The van der Waals surface area contributed by atoms with Crippen molar-refractivity contribution in [1.29, 1.82) is 0 Å². The van der Waals surface area contributed by atoms with Crippen molar-refractivity contribution in [3.8, 4) is 0 Å². The standard InChI is InChI=1S/C11H14FN3O2/c12-7-4-5-11(15(16)17)10(6-7)14-9-3-1-2-8(9)13/h4-6,8-9,14H,1-3,13H2. The molecule has 5 nitrogen and oxygen atoms in total. The zero-order valence-electron chi connectivity index (χ0n) is 9.23. The highest BCUT2D eigenvalue weighted by molar-refractivity contribution is 5.62. The molecule has 1 saturated carbocycles. The van der Waals surface area contributed by atoms with Crippen LogP contribution in [0.4, 0.5) is 15.8 Å². The predicted molar refractivity (Wildman–Crippen MR) is 62.3 cm³/mol. The average Bonchev–Trinajstić information content (AvgIpc) is 2.64. The lowest BCUT2D eigenvalue weighted by atomic mass is 10.1. The first-order valence-electron chi connectivity index (χ1n) is 5.54. The lowest BCUT2D eigenvalue weighted by molar-refractivity contribution is -0.384. The van der Waals surface area contributed by atoms with Crippen molar-refractivity contribution in [2.75, 3.05) is 5.32 Å². The molecular weight excluding hydrogens is 225 g/mol. The van der Waals surface area contributed by atoms with Crippen LogP contribution in [0.25, 0.3) is 0 Å². The van der Waals surface area contributed by atoms with Crippen molar-refractivity contribution < 1.29 is 9.31 Å². The predicted octanol–water partition coefficient (Wildman–Crippen LogP) is 2.03. The molecule has 0 bridgehead atoms. The van der Waals surface area contributed by atoms with Gasteiger partial charge >= 0.3 is 0 Å². The fraction of sp³-hybridized carbons (Fsp3) is 0.455. The van der Waals surface area contributed by atoms with Crippen LogP contribution < -0.4 is 11.1 Å². The zero-order valence-corrected chi connectivity index (χ0v) is 9.23. The maximum absolute atomic E-state index is 13.1. The van der Waals surface area contributed by atoms with Crippen molar-refractivity contribution in [2.24, 2.45) is 5.73 Å². The summed E-state index contributed by atoms with van der Waals surface area (Å²) in [5.74, 6) is -0.496. The summed E-state index contributed by atoms with van der Waals surface area (Å²) in [7, 11) is 0. The minimum atomic E-state index is -0.526. The fourth-order valence-corrected chi connectivity index (χ4v) is 2.15. The molecular formula is C11H14FN3O2. The van der Waals surface area contributed by atoms with Gasteiger partial charge in [-0.15, -0.1) is 0 Å². The number of nitro benzene ring substituents is 1. The molecule has 1 aromatic carbocycles. The van der Waals surface area contributed by atoms with Gasteiger partial charge in [-0.25, -0.2) is 4.39 Å². The van der Waals surface area contributed by atoms with E-state index in [1.807, 2.05) is 0 Å². The molecule has 2 unspecified atom stereocenters. The van der Waals surface area contributed by atoms with Crippen LogP contribution >= 0.6 is 0 Å². The van der Waals surface area contributed by atoms with Gasteiger partial charge in [-0.05, 0) is 25.3 Å². The first-order valence-corrected chi connectivity index (χ1v) is 5.54. The summed E-state index contributed by atoms with van der Waals surface area (Å²) in [5.41, 5.74) is 5.95. The van der Waals surface area contributed by atoms with Gasteiger partial charge in [0.15, 0.2) is 0 Å². The third kappa shape index (κ3) is 2.52. The Hall–Kier alpha value is -1.69. The van der Waals surface area contributed by atoms with E-state index in [2.05, 4.69) is 5.32 Å². The number of nitrogens with zero attached hydrogens (tertiary/aromatic N) is 1. The van der Waals surface area contributed by atoms with Gasteiger partial charge in [-0.3, -0.25) is 10.1 Å². The summed E-state index contributed by atoms with van der Waals surface area (Å²) in [4.78, 5) is 10.3. The van der Waals surface area contributed by atoms with Crippen molar-refractivity contribution in [3.63, 3.8) is 0 Å². The number of benzene rings is 1. The maximum atomic E-state index is 13.1. The van der Waals surface area contributed by atoms with Gasteiger partial charge in [0, 0.05) is 24.2 Å². The molecule has 2 rings (SSSR count). The maximum Gasteiger partial charge on any atom is 0.292 e. The number of nitrogens with one attached hydrogen (secondary N) is 1. The molecule has 2 atom stereocenters. The van der Waals surface area contributed by atoms with Crippen LogP contribution in [0.2, 0.25) is 0 Å². The van der Waals surface area contributed by atoms with E-state index in [-0.39, 0.29) is 23.5 Å². The summed E-state index contributed by atoms with van der Waals surface area (Å²) < 4.78 is 13.1. The quantitative estimate of drug-likeness (QED) is 0.624. The Bertz CT molecular complexity index is 439. The summed E-state index contributed by atoms with van der Waals surface area (Å²) >= 11 is 0. The molecule has 0 amide bonds. The fourth-order valence-electron chi connectivity index (χ4n) is 2.15. The number of anilines is 1. The van der Waals surface area contributed by atoms with Gasteiger partial charge in [-0.1, -0.05) is 0 Å². The van der Waals surface area contributed by atoms with Crippen molar-refractivity contribution in [2.45, 2.75) is 31.3 Å². The lowest BCUT2D eigenvalue weighted by Gasteiger charge is -2.18. The molecule has 0 aliphatic heterocycles. The lowest BCUT2D eigenvalue weighted by Crippen LogP contribution is -2.35. The molecule has 0 radical (unpaired) electrons. The van der Waals surface area contributed by atoms with Gasteiger partial charge in [0.05, 0.1) is 4.92 Å². The third-order valence-corrected chi connectivity index (χ3v) is 3.07. The highest BCUT2D eigenvalue weighted by atomic mass is 19.1. The highest BCUT2D eigenvalue weighted by Crippen LogP contribution is 2.29. The normalized spacial score (nSPS) is 23.6. The number of hydrogen-bond acceptors (Lipinski definition) is 4. The summed E-state index contributed by atoms with van der Waals surface area (Å²) in [5, 5.41) is 13.8. The Morgan fingerprint density at radius 1 is 1.47 bits per heavy atom. The third-order valence-electron chi connectivity index (χ3n) is 3.07. The highest BCUT2D eigenvalue weighted by Gasteiger charge is 2.26. The van der Waals surface area contributed by atoms with Crippen LogP contribution in [0.1, 0.15) is 19.3 Å². The molecule has 3 N–H and O–H groups in total. The zero-order chi connectivity index (χ0) is 12.4. The first kappa shape index (κ1) is 11.8. The van der Waals surface area contributed by atoms with Gasteiger partial charge < -0.3 is 11.1 Å². The molecule has 17 heavy (non-hydrogen) atoms. The monoisotopic (exact) mass is 239 g/mol. The Morgan fingerprint density at radius 2 is 2.24 bits per heavy atom. The van der Waals surface area contributed by atoms with Crippen molar-refractivity contribution >= 4 is 11.4 Å². The number of hydrogen-bond donors (Lipinski definition) is 2. The van der Waals surface area contributed by atoms with Crippen LogP contribution in [0.15, 0.2) is 18.2 Å². The molecule has 1 aliphatic carbocycles. The van der Waals surface area contributed by atoms with Crippen molar-refractivity contribution in [1.82, 2.24) is 0 Å². The summed E-state index contributed by atoms with van der Waals surface area (Å²) in [6, 6.07) is 3.34. The Morgan fingerprint density at radius 3 is 2.82 bits per heavy atom. The number of nitro groups is 1. The second-order valence-electron chi connectivity index (χ2n) is 4.26. The van der Waals surface area contributed by atoms with E-state index in [0.717, 1.165) is 37.5 Å². The smallest absolute Gasteiger partial charge is 0.292 e. The topological polar surface area (TPSA) is 81.2 Å². The van der Waals surface area contributed by atoms with E-state index in [1.165, 1.54) is 0 Å².